The molecule has 6 rings (SSSR count). The van der Waals surface area contributed by atoms with Gasteiger partial charge in [0.15, 0.2) is 17.5 Å². The number of piperazine rings is 1. The van der Waals surface area contributed by atoms with Crippen LogP contribution in [-0.2, 0) is 17.9 Å². The zero-order valence-corrected chi connectivity index (χ0v) is 21.4. The van der Waals surface area contributed by atoms with E-state index in [0.29, 0.717) is 35.9 Å². The number of nitrogens with one attached hydrogen (secondary N) is 1. The molecule has 0 aliphatic carbocycles. The van der Waals surface area contributed by atoms with Gasteiger partial charge in [-0.2, -0.15) is 5.10 Å². The molecule has 0 amide bonds. The Morgan fingerprint density at radius 3 is 2.61 bits per heavy atom. The van der Waals surface area contributed by atoms with E-state index in [1.807, 2.05) is 17.6 Å². The maximum atomic E-state index is 15.0. The van der Waals surface area contributed by atoms with Gasteiger partial charge in [-0.15, -0.1) is 5.10 Å². The lowest BCUT2D eigenvalue weighted by Crippen LogP contribution is -2.45. The van der Waals surface area contributed by atoms with Crippen LogP contribution in [0.15, 0.2) is 30.5 Å². The quantitative estimate of drug-likeness (QED) is 0.409. The molecule has 1 N–H and O–H groups in total. The van der Waals surface area contributed by atoms with Crippen LogP contribution in [0, 0.1) is 11.6 Å². The molecule has 0 bridgehead atoms. The van der Waals surface area contributed by atoms with E-state index in [4.69, 9.17) is 4.74 Å². The van der Waals surface area contributed by atoms with Gasteiger partial charge in [-0.25, -0.2) is 23.7 Å². The summed E-state index contributed by atoms with van der Waals surface area (Å²) in [4.78, 5) is 17.6. The monoisotopic (exact) mass is 521 g/mol. The van der Waals surface area contributed by atoms with Crippen LogP contribution in [0.5, 0.6) is 0 Å². The Morgan fingerprint density at radius 1 is 1.03 bits per heavy atom. The molecule has 2 aliphatic heterocycles. The first kappa shape index (κ1) is 24.7. The molecule has 1 fully saturated rings. The Morgan fingerprint density at radius 2 is 1.84 bits per heavy atom. The SMILES string of the molecule is CCN1CCN(Cc2ccc(Nc3ncc(F)c(-c4cc(F)c5nc6n(c5c4)C(C)COC6)n3)nn2)CC1. The number of hydrogen-bond acceptors (Lipinski definition) is 9. The lowest BCUT2D eigenvalue weighted by Gasteiger charge is -2.33. The van der Waals surface area contributed by atoms with Gasteiger partial charge in [-0.1, -0.05) is 6.92 Å². The maximum Gasteiger partial charge on any atom is 0.229 e. The van der Waals surface area contributed by atoms with Crippen molar-refractivity contribution in [3.63, 3.8) is 0 Å². The van der Waals surface area contributed by atoms with Crippen molar-refractivity contribution in [2.75, 3.05) is 44.6 Å². The van der Waals surface area contributed by atoms with Crippen LogP contribution in [0.25, 0.3) is 22.3 Å². The van der Waals surface area contributed by atoms with Crippen LogP contribution >= 0.6 is 0 Å². The number of fused-ring (bicyclic) bond motifs is 3. The van der Waals surface area contributed by atoms with Crippen molar-refractivity contribution in [3.8, 4) is 11.3 Å². The van der Waals surface area contributed by atoms with E-state index in [1.165, 1.54) is 6.07 Å². The summed E-state index contributed by atoms with van der Waals surface area (Å²) in [6, 6.07) is 6.64. The van der Waals surface area contributed by atoms with Crippen molar-refractivity contribution in [1.29, 1.82) is 0 Å². The number of hydrogen-bond donors (Lipinski definition) is 1. The summed E-state index contributed by atoms with van der Waals surface area (Å²) in [6.07, 6.45) is 1.06. The first-order chi connectivity index (χ1) is 18.5. The lowest BCUT2D eigenvalue weighted by molar-refractivity contribution is 0.0621. The summed E-state index contributed by atoms with van der Waals surface area (Å²) in [5, 5.41) is 11.6. The highest BCUT2D eigenvalue weighted by atomic mass is 19.1. The van der Waals surface area contributed by atoms with Crippen LogP contribution < -0.4 is 5.32 Å². The summed E-state index contributed by atoms with van der Waals surface area (Å²) in [6.45, 7) is 10.9. The average molecular weight is 522 g/mol. The van der Waals surface area contributed by atoms with E-state index >= 15 is 4.39 Å². The molecule has 1 unspecified atom stereocenters. The van der Waals surface area contributed by atoms with E-state index in [0.717, 1.165) is 51.2 Å². The number of nitrogens with zero attached hydrogens (tertiary/aromatic N) is 8. The molecule has 0 saturated carbocycles. The number of rotatable bonds is 6. The molecule has 1 saturated heterocycles. The average Bonchev–Trinajstić information content (AvgIpc) is 3.32. The number of anilines is 2. The van der Waals surface area contributed by atoms with Gasteiger partial charge in [0.05, 0.1) is 30.1 Å². The smallest absolute Gasteiger partial charge is 0.229 e. The summed E-state index contributed by atoms with van der Waals surface area (Å²) in [5.41, 5.74) is 1.96. The van der Waals surface area contributed by atoms with E-state index in [-0.39, 0.29) is 23.2 Å². The Labute approximate surface area is 218 Å². The normalized spacial score (nSPS) is 18.6. The van der Waals surface area contributed by atoms with E-state index in [9.17, 15) is 4.39 Å². The minimum Gasteiger partial charge on any atom is -0.371 e. The summed E-state index contributed by atoms with van der Waals surface area (Å²) in [5.74, 6) is 0.00931. The fraction of sp³-hybridized carbons (Fsp3) is 0.423. The molecule has 12 heteroatoms. The van der Waals surface area contributed by atoms with Gasteiger partial charge in [0.1, 0.15) is 23.6 Å². The predicted molar refractivity (Wildman–Crippen MR) is 138 cm³/mol. The Kier molecular flexibility index (Phi) is 6.68. The number of halogens is 2. The van der Waals surface area contributed by atoms with Crippen molar-refractivity contribution in [2.45, 2.75) is 33.0 Å². The van der Waals surface area contributed by atoms with E-state index < -0.39 is 11.6 Å². The fourth-order valence-corrected chi connectivity index (χ4v) is 5.07. The Bertz CT molecular complexity index is 1450. The summed E-state index contributed by atoms with van der Waals surface area (Å²) < 4.78 is 37.3. The van der Waals surface area contributed by atoms with Crippen LogP contribution in [0.4, 0.5) is 20.5 Å². The van der Waals surface area contributed by atoms with Crippen LogP contribution in [0.3, 0.4) is 0 Å². The minimum atomic E-state index is -0.659. The fourth-order valence-electron chi connectivity index (χ4n) is 5.07. The van der Waals surface area contributed by atoms with Gasteiger partial charge in [0.25, 0.3) is 0 Å². The molecule has 0 spiro atoms. The maximum absolute atomic E-state index is 15.0. The van der Waals surface area contributed by atoms with Crippen LogP contribution in [0.1, 0.15) is 31.4 Å². The molecule has 10 nitrogen and oxygen atoms in total. The number of likely N-dealkylation sites (N-methyl/N-ethyl adjacent to an activating group) is 1. The second kappa shape index (κ2) is 10.3. The molecular formula is C26H29F2N9O. The Balaban J connectivity index is 1.21. The zero-order valence-electron chi connectivity index (χ0n) is 21.4. The molecule has 0 radical (unpaired) electrons. The highest BCUT2D eigenvalue weighted by Gasteiger charge is 2.24. The molecule has 5 heterocycles. The second-order valence-corrected chi connectivity index (χ2v) is 9.72. The lowest BCUT2D eigenvalue weighted by atomic mass is 10.1. The third kappa shape index (κ3) is 4.82. The third-order valence-electron chi connectivity index (χ3n) is 7.13. The number of aromatic nitrogens is 6. The number of ether oxygens (including phenoxy) is 1. The van der Waals surface area contributed by atoms with Gasteiger partial charge in [0.2, 0.25) is 5.95 Å². The van der Waals surface area contributed by atoms with Crippen molar-refractivity contribution >= 4 is 22.8 Å². The second-order valence-electron chi connectivity index (χ2n) is 9.72. The molecule has 38 heavy (non-hydrogen) atoms. The number of imidazole rings is 1. The van der Waals surface area contributed by atoms with Crippen LogP contribution in [-0.4, -0.2) is 78.8 Å². The largest absolute Gasteiger partial charge is 0.371 e. The molecular weight excluding hydrogens is 492 g/mol. The molecule has 4 aromatic rings. The summed E-state index contributed by atoms with van der Waals surface area (Å²) >= 11 is 0. The topological polar surface area (TPSA) is 97.1 Å². The summed E-state index contributed by atoms with van der Waals surface area (Å²) in [7, 11) is 0. The highest BCUT2D eigenvalue weighted by molar-refractivity contribution is 5.83. The van der Waals surface area contributed by atoms with Gasteiger partial charge in [-0.3, -0.25) is 4.90 Å². The van der Waals surface area contributed by atoms with Crippen molar-refractivity contribution in [3.05, 3.63) is 53.6 Å². The van der Waals surface area contributed by atoms with Crippen LogP contribution in [0.2, 0.25) is 0 Å². The van der Waals surface area contributed by atoms with Crippen molar-refractivity contribution in [1.82, 2.24) is 39.5 Å². The Hall–Kier alpha value is -3.61. The molecule has 1 atom stereocenters. The molecule has 1 aromatic carbocycles. The van der Waals surface area contributed by atoms with E-state index in [2.05, 4.69) is 47.2 Å². The molecule has 198 valence electrons. The van der Waals surface area contributed by atoms with E-state index in [1.54, 1.807) is 12.1 Å². The first-order valence-corrected chi connectivity index (χ1v) is 12.8. The highest BCUT2D eigenvalue weighted by Crippen LogP contribution is 2.32. The number of benzene rings is 1. The standard InChI is InChI=1S/C26H29F2N9O/c1-3-35-6-8-36(9-7-35)13-18-4-5-22(34-33-18)30-26-29-12-20(28)24(32-26)17-10-19(27)25-21(11-17)37-16(2)14-38-15-23(37)31-25/h4-5,10-12,16H,3,6-9,13-15H2,1-2H3,(H,29,30,32,34). The van der Waals surface area contributed by atoms with Gasteiger partial charge >= 0.3 is 0 Å². The molecule has 2 aliphatic rings. The predicted octanol–water partition coefficient (Wildman–Crippen LogP) is 3.53. The minimum absolute atomic E-state index is 0.0191. The third-order valence-corrected chi connectivity index (χ3v) is 7.13. The van der Waals surface area contributed by atoms with Crippen molar-refractivity contribution in [2.24, 2.45) is 0 Å². The van der Waals surface area contributed by atoms with Gasteiger partial charge in [0, 0.05) is 38.3 Å². The van der Waals surface area contributed by atoms with Crippen molar-refractivity contribution < 1.29 is 13.5 Å². The van der Waals surface area contributed by atoms with Gasteiger partial charge < -0.3 is 19.5 Å². The molecule has 3 aromatic heterocycles. The van der Waals surface area contributed by atoms with Gasteiger partial charge in [-0.05, 0) is 37.7 Å². The zero-order chi connectivity index (χ0) is 26.2. The first-order valence-electron chi connectivity index (χ1n) is 12.8.